The fourth-order valence-corrected chi connectivity index (χ4v) is 4.38. The first kappa shape index (κ1) is 23.6. The van der Waals surface area contributed by atoms with Crippen LogP contribution in [0, 0.1) is 12.7 Å². The maximum atomic E-state index is 14.4. The molecule has 10 nitrogen and oxygen atoms in total. The molecule has 36 heavy (non-hydrogen) atoms. The molecule has 0 spiro atoms. The lowest BCUT2D eigenvalue weighted by Gasteiger charge is -2.37. The lowest BCUT2D eigenvalue weighted by Crippen LogP contribution is -2.50. The normalized spacial score (nSPS) is 14.5. The van der Waals surface area contributed by atoms with Crippen LogP contribution in [-0.4, -0.2) is 68.3 Å². The van der Waals surface area contributed by atoms with E-state index < -0.39 is 17.3 Å². The van der Waals surface area contributed by atoms with Crippen LogP contribution in [0.25, 0.3) is 16.6 Å². The van der Waals surface area contributed by atoms with Gasteiger partial charge in [-0.25, -0.2) is 14.2 Å². The van der Waals surface area contributed by atoms with Gasteiger partial charge in [-0.05, 0) is 39.8 Å². The lowest BCUT2D eigenvalue weighted by atomic mass is 10.1. The zero-order chi connectivity index (χ0) is 25.6. The Morgan fingerprint density at radius 1 is 1.14 bits per heavy atom. The molecule has 4 aromatic rings. The Bertz CT molecular complexity index is 1460. The summed E-state index contributed by atoms with van der Waals surface area (Å²) in [6, 6.07) is 4.84. The van der Waals surface area contributed by atoms with Crippen LogP contribution < -0.4 is 10.2 Å². The van der Waals surface area contributed by atoms with Crippen molar-refractivity contribution in [3.05, 3.63) is 53.9 Å². The summed E-state index contributed by atoms with van der Waals surface area (Å²) in [5.41, 5.74) is 2.45. The molecule has 2 N–H and O–H groups in total. The number of piperazine rings is 1. The third kappa shape index (κ3) is 4.56. The highest BCUT2D eigenvalue weighted by Gasteiger charge is 2.27. The van der Waals surface area contributed by atoms with E-state index in [9.17, 15) is 14.0 Å². The monoisotopic (exact) mass is 493 g/mol. The number of pyridine rings is 1. The number of nitrogens with zero attached hydrogens (tertiary/aromatic N) is 5. The first-order valence-electron chi connectivity index (χ1n) is 11.7. The lowest BCUT2D eigenvalue weighted by molar-refractivity contribution is 0.0240. The number of benzene rings is 1. The van der Waals surface area contributed by atoms with Crippen molar-refractivity contribution in [2.75, 3.05) is 36.4 Å². The van der Waals surface area contributed by atoms with Crippen LogP contribution in [0.2, 0.25) is 0 Å². The van der Waals surface area contributed by atoms with Crippen LogP contribution in [0.5, 0.6) is 0 Å². The zero-order valence-electron chi connectivity index (χ0n) is 20.6. The van der Waals surface area contributed by atoms with Crippen molar-refractivity contribution in [3.8, 4) is 0 Å². The number of aryl methyl sites for hydroxylation is 1. The number of hydrogen-bond acceptors (Lipinski definition) is 6. The summed E-state index contributed by atoms with van der Waals surface area (Å²) in [4.78, 5) is 33.5. The number of imidazole rings is 1. The summed E-state index contributed by atoms with van der Waals surface area (Å²) in [5, 5.41) is 10.7. The van der Waals surface area contributed by atoms with E-state index in [1.54, 1.807) is 40.9 Å². The van der Waals surface area contributed by atoms with Crippen molar-refractivity contribution in [3.63, 3.8) is 0 Å². The number of carbonyl (C=O) groups excluding carboxylic acids is 2. The summed E-state index contributed by atoms with van der Waals surface area (Å²) in [6.07, 6.45) is 4.75. The molecule has 1 aliphatic heterocycles. The molecule has 4 heterocycles. The minimum absolute atomic E-state index is 0.205. The Labute approximate surface area is 207 Å². The molecule has 3 aromatic heterocycles. The van der Waals surface area contributed by atoms with E-state index >= 15 is 0 Å². The van der Waals surface area contributed by atoms with Gasteiger partial charge >= 0.3 is 6.09 Å². The molecule has 1 aromatic carbocycles. The Kier molecular flexibility index (Phi) is 5.77. The molecular weight excluding hydrogens is 465 g/mol. The highest BCUT2D eigenvalue weighted by Crippen LogP contribution is 2.30. The molecule has 0 atom stereocenters. The topological polar surface area (TPSA) is 108 Å². The van der Waals surface area contributed by atoms with E-state index in [0.29, 0.717) is 48.6 Å². The summed E-state index contributed by atoms with van der Waals surface area (Å²) in [6.45, 7) is 9.61. The largest absolute Gasteiger partial charge is 0.444 e. The molecule has 0 saturated carbocycles. The van der Waals surface area contributed by atoms with Gasteiger partial charge in [0.2, 0.25) is 0 Å². The van der Waals surface area contributed by atoms with Gasteiger partial charge in [0.25, 0.3) is 5.91 Å². The molecule has 1 fully saturated rings. The number of amides is 2. The van der Waals surface area contributed by atoms with Crippen LogP contribution in [0.1, 0.15) is 36.8 Å². The molecule has 188 valence electrons. The molecule has 1 saturated heterocycles. The Morgan fingerprint density at radius 3 is 2.61 bits per heavy atom. The minimum atomic E-state index is -0.539. The Balaban J connectivity index is 1.34. The SMILES string of the molecule is Cc1cn2cc(NC(=O)c3ccc(N4CCN(C(=O)OC(C)(C)C)CC4)c4c[nH]nc34)cc(F)c2n1. The quantitative estimate of drug-likeness (QED) is 0.447. The minimum Gasteiger partial charge on any atom is -0.444 e. The van der Waals surface area contributed by atoms with Crippen LogP contribution in [0.3, 0.4) is 0 Å². The standard InChI is InChI=1S/C25H28FN7O3/c1-15-13-33-14-16(11-19(26)22(33)28-15)29-23(34)17-5-6-20(18-12-27-30-21(17)18)31-7-9-32(10-8-31)24(35)36-25(2,3)4/h5-6,11-14H,7-10H2,1-4H3,(H,27,30)(H,29,34). The van der Waals surface area contributed by atoms with Gasteiger partial charge < -0.3 is 24.3 Å². The summed E-state index contributed by atoms with van der Waals surface area (Å²) in [7, 11) is 0. The van der Waals surface area contributed by atoms with Crippen molar-refractivity contribution < 1.29 is 18.7 Å². The first-order valence-corrected chi connectivity index (χ1v) is 11.7. The highest BCUT2D eigenvalue weighted by atomic mass is 19.1. The van der Waals surface area contributed by atoms with Crippen LogP contribution >= 0.6 is 0 Å². The number of carbonyl (C=O) groups is 2. The molecule has 0 bridgehead atoms. The maximum Gasteiger partial charge on any atom is 0.410 e. The number of anilines is 2. The van der Waals surface area contributed by atoms with Crippen molar-refractivity contribution >= 4 is 39.9 Å². The number of halogens is 1. The van der Waals surface area contributed by atoms with Crippen molar-refractivity contribution in [1.82, 2.24) is 24.5 Å². The number of H-pyrrole nitrogens is 1. The van der Waals surface area contributed by atoms with E-state index in [-0.39, 0.29) is 11.7 Å². The number of nitrogens with one attached hydrogen (secondary N) is 2. The third-order valence-corrected chi connectivity index (χ3v) is 5.98. The van der Waals surface area contributed by atoms with Crippen molar-refractivity contribution in [1.29, 1.82) is 0 Å². The average molecular weight is 494 g/mol. The number of hydrogen-bond donors (Lipinski definition) is 2. The van der Waals surface area contributed by atoms with E-state index in [4.69, 9.17) is 4.74 Å². The summed E-state index contributed by atoms with van der Waals surface area (Å²) < 4.78 is 21.5. The number of ether oxygens (including phenoxy) is 1. The molecular formula is C25H28FN7O3. The smallest absolute Gasteiger partial charge is 0.410 e. The molecule has 5 rings (SSSR count). The van der Waals surface area contributed by atoms with Gasteiger partial charge in [-0.3, -0.25) is 9.89 Å². The number of rotatable bonds is 3. The van der Waals surface area contributed by atoms with Gasteiger partial charge in [-0.2, -0.15) is 5.10 Å². The van der Waals surface area contributed by atoms with E-state index in [1.165, 1.54) is 6.07 Å². The molecule has 11 heteroatoms. The first-order chi connectivity index (χ1) is 17.1. The highest BCUT2D eigenvalue weighted by molar-refractivity contribution is 6.13. The van der Waals surface area contributed by atoms with E-state index in [2.05, 4.69) is 25.4 Å². The second kappa shape index (κ2) is 8.81. The van der Waals surface area contributed by atoms with Gasteiger partial charge in [0.1, 0.15) is 11.1 Å². The third-order valence-electron chi connectivity index (χ3n) is 5.98. The van der Waals surface area contributed by atoms with E-state index in [0.717, 1.165) is 11.1 Å². The number of fused-ring (bicyclic) bond motifs is 2. The van der Waals surface area contributed by atoms with Crippen LogP contribution in [-0.2, 0) is 4.74 Å². The van der Waals surface area contributed by atoms with Gasteiger partial charge in [-0.15, -0.1) is 0 Å². The molecule has 1 aliphatic rings. The molecule has 2 amide bonds. The van der Waals surface area contributed by atoms with Gasteiger partial charge in [0.05, 0.1) is 16.9 Å². The fraction of sp³-hybridized carbons (Fsp3) is 0.360. The fourth-order valence-electron chi connectivity index (χ4n) is 4.38. The van der Waals surface area contributed by atoms with Gasteiger partial charge in [0.15, 0.2) is 11.5 Å². The molecule has 0 radical (unpaired) electrons. The van der Waals surface area contributed by atoms with Crippen molar-refractivity contribution in [2.45, 2.75) is 33.3 Å². The van der Waals surface area contributed by atoms with E-state index in [1.807, 2.05) is 26.8 Å². The molecule has 0 aliphatic carbocycles. The summed E-state index contributed by atoms with van der Waals surface area (Å²) in [5.74, 6) is -0.921. The number of aromatic nitrogens is 4. The van der Waals surface area contributed by atoms with Crippen LogP contribution in [0.4, 0.5) is 20.6 Å². The number of aromatic amines is 1. The van der Waals surface area contributed by atoms with Crippen molar-refractivity contribution in [2.24, 2.45) is 0 Å². The van der Waals surface area contributed by atoms with Gasteiger partial charge in [0, 0.05) is 61.9 Å². The molecule has 0 unspecified atom stereocenters. The maximum absolute atomic E-state index is 14.4. The second-order valence-electron chi connectivity index (χ2n) is 9.88. The average Bonchev–Trinajstić information content (AvgIpc) is 3.44. The summed E-state index contributed by atoms with van der Waals surface area (Å²) >= 11 is 0. The van der Waals surface area contributed by atoms with Gasteiger partial charge in [-0.1, -0.05) is 0 Å². The Hall–Kier alpha value is -4.15. The Morgan fingerprint density at radius 2 is 1.89 bits per heavy atom. The second-order valence-corrected chi connectivity index (χ2v) is 9.88. The predicted octanol–water partition coefficient (Wildman–Crippen LogP) is 3.97. The zero-order valence-corrected chi connectivity index (χ0v) is 20.6. The predicted molar refractivity (Wildman–Crippen MR) is 134 cm³/mol. The van der Waals surface area contributed by atoms with Crippen LogP contribution in [0.15, 0.2) is 36.8 Å².